The van der Waals surface area contributed by atoms with Crippen molar-refractivity contribution in [2.45, 2.75) is 19.9 Å². The molecule has 1 fully saturated rings. The fraction of sp³-hybridized carbons (Fsp3) is 0.154. The van der Waals surface area contributed by atoms with Gasteiger partial charge in [0.2, 0.25) is 0 Å². The number of aryl methyl sites for hydroxylation is 1. The van der Waals surface area contributed by atoms with Crippen LogP contribution in [0.4, 0.5) is 5.69 Å². The smallest absolute Gasteiger partial charge is 0.300 e. The maximum absolute atomic E-state index is 13.1. The largest absolute Gasteiger partial charge is 0.508 e. The van der Waals surface area contributed by atoms with E-state index in [0.29, 0.717) is 29.2 Å². The maximum Gasteiger partial charge on any atom is 0.300 e. The molecule has 1 atom stereocenters. The van der Waals surface area contributed by atoms with Crippen molar-refractivity contribution < 1.29 is 24.5 Å². The minimum Gasteiger partial charge on any atom is -0.508 e. The average Bonchev–Trinajstić information content (AvgIpc) is 3.05. The van der Waals surface area contributed by atoms with Crippen LogP contribution in [0, 0.1) is 6.92 Å². The fourth-order valence-corrected chi connectivity index (χ4v) is 3.83. The number of ketones is 1. The Hall–Kier alpha value is -4.06. The third-order valence-corrected chi connectivity index (χ3v) is 5.38. The molecule has 1 saturated heterocycles. The van der Waals surface area contributed by atoms with Crippen LogP contribution in [-0.4, -0.2) is 28.5 Å². The number of amides is 1. The molecule has 6 heteroatoms. The lowest BCUT2D eigenvalue weighted by atomic mass is 9.95. The van der Waals surface area contributed by atoms with Gasteiger partial charge in [-0.1, -0.05) is 42.0 Å². The Morgan fingerprint density at radius 1 is 1.00 bits per heavy atom. The highest BCUT2D eigenvalue weighted by atomic mass is 16.5. The summed E-state index contributed by atoms with van der Waals surface area (Å²) >= 11 is 0. The predicted molar refractivity (Wildman–Crippen MR) is 122 cm³/mol. The first-order chi connectivity index (χ1) is 15.4. The molecular formula is C26H23NO5. The van der Waals surface area contributed by atoms with Crippen LogP contribution >= 0.6 is 0 Å². The monoisotopic (exact) mass is 429 g/mol. The van der Waals surface area contributed by atoms with Crippen molar-refractivity contribution in [3.63, 3.8) is 0 Å². The number of phenols is 1. The second-order valence-corrected chi connectivity index (χ2v) is 7.56. The highest BCUT2D eigenvalue weighted by Gasteiger charge is 2.46. The molecule has 6 nitrogen and oxygen atoms in total. The Labute approximate surface area is 186 Å². The topological polar surface area (TPSA) is 87.1 Å². The van der Waals surface area contributed by atoms with Crippen molar-refractivity contribution >= 4 is 23.1 Å². The summed E-state index contributed by atoms with van der Waals surface area (Å²) < 4.78 is 5.51. The molecule has 0 radical (unpaired) electrons. The number of aromatic hydroxyl groups is 1. The first-order valence-electron chi connectivity index (χ1n) is 10.3. The standard InChI is InChI=1S/C26H23NO5/c1-3-32-21-6-4-5-18(15-21)24(29)22-23(17-9-13-20(28)14-10-17)27(26(31)25(22)30)19-11-7-16(2)8-12-19/h4-15,23,28-29H,3H2,1-2H3/b24-22-. The maximum atomic E-state index is 13.1. The van der Waals surface area contributed by atoms with Crippen molar-refractivity contribution in [3.8, 4) is 11.5 Å². The van der Waals surface area contributed by atoms with Crippen molar-refractivity contribution in [2.75, 3.05) is 11.5 Å². The molecule has 32 heavy (non-hydrogen) atoms. The number of Topliss-reactive ketones (excluding diaryl/α,β-unsaturated/α-hetero) is 1. The van der Waals surface area contributed by atoms with Crippen LogP contribution in [0.15, 0.2) is 78.4 Å². The fourth-order valence-electron chi connectivity index (χ4n) is 3.83. The highest BCUT2D eigenvalue weighted by Crippen LogP contribution is 2.42. The summed E-state index contributed by atoms with van der Waals surface area (Å²) in [5.41, 5.74) is 2.50. The van der Waals surface area contributed by atoms with Gasteiger partial charge in [-0.3, -0.25) is 14.5 Å². The quantitative estimate of drug-likeness (QED) is 0.348. The summed E-state index contributed by atoms with van der Waals surface area (Å²) in [5.74, 6) is -1.18. The Morgan fingerprint density at radius 2 is 1.69 bits per heavy atom. The highest BCUT2D eigenvalue weighted by molar-refractivity contribution is 6.51. The van der Waals surface area contributed by atoms with Crippen LogP contribution in [0.3, 0.4) is 0 Å². The van der Waals surface area contributed by atoms with Gasteiger partial charge >= 0.3 is 0 Å². The molecule has 162 valence electrons. The van der Waals surface area contributed by atoms with E-state index in [-0.39, 0.29) is 17.1 Å². The second-order valence-electron chi connectivity index (χ2n) is 7.56. The third kappa shape index (κ3) is 3.83. The molecule has 0 spiro atoms. The number of ether oxygens (including phenoxy) is 1. The van der Waals surface area contributed by atoms with Gasteiger partial charge in [0.15, 0.2) is 0 Å². The summed E-state index contributed by atoms with van der Waals surface area (Å²) in [6, 6.07) is 19.4. The summed E-state index contributed by atoms with van der Waals surface area (Å²) in [7, 11) is 0. The first kappa shape index (κ1) is 21.2. The van der Waals surface area contributed by atoms with E-state index in [0.717, 1.165) is 5.56 Å². The number of rotatable bonds is 5. The van der Waals surface area contributed by atoms with Crippen LogP contribution in [0.5, 0.6) is 11.5 Å². The molecule has 0 bridgehead atoms. The average molecular weight is 429 g/mol. The van der Waals surface area contributed by atoms with Gasteiger partial charge in [0, 0.05) is 11.3 Å². The molecule has 1 aliphatic rings. The van der Waals surface area contributed by atoms with Crippen molar-refractivity contribution in [3.05, 3.63) is 95.1 Å². The molecule has 1 unspecified atom stereocenters. The van der Waals surface area contributed by atoms with Gasteiger partial charge in [-0.05, 0) is 55.8 Å². The van der Waals surface area contributed by atoms with E-state index in [4.69, 9.17) is 4.74 Å². The predicted octanol–water partition coefficient (Wildman–Crippen LogP) is 4.73. The molecule has 1 amide bonds. The Balaban J connectivity index is 1.91. The summed E-state index contributed by atoms with van der Waals surface area (Å²) in [4.78, 5) is 27.6. The number of carbonyl (C=O) groups excluding carboxylic acids is 2. The van der Waals surface area contributed by atoms with E-state index < -0.39 is 17.7 Å². The lowest BCUT2D eigenvalue weighted by Crippen LogP contribution is -2.29. The number of hydrogen-bond donors (Lipinski definition) is 2. The molecule has 0 aromatic heterocycles. The molecular weight excluding hydrogens is 406 g/mol. The van der Waals surface area contributed by atoms with E-state index in [9.17, 15) is 19.8 Å². The number of carbonyl (C=O) groups is 2. The number of aliphatic hydroxyl groups excluding tert-OH is 1. The van der Waals surface area contributed by atoms with Crippen molar-refractivity contribution in [1.29, 1.82) is 0 Å². The van der Waals surface area contributed by atoms with Crippen LogP contribution in [0.25, 0.3) is 5.76 Å². The van der Waals surface area contributed by atoms with Gasteiger partial charge in [-0.15, -0.1) is 0 Å². The number of hydrogen-bond acceptors (Lipinski definition) is 5. The Morgan fingerprint density at radius 3 is 2.34 bits per heavy atom. The molecule has 3 aromatic carbocycles. The van der Waals surface area contributed by atoms with Crippen molar-refractivity contribution in [1.82, 2.24) is 0 Å². The zero-order valence-corrected chi connectivity index (χ0v) is 17.8. The number of phenolic OH excluding ortho intramolecular Hbond substituents is 1. The molecule has 0 aliphatic carbocycles. The SMILES string of the molecule is CCOc1cccc(/C(O)=C2/C(=O)C(=O)N(c3ccc(C)cc3)C2c2ccc(O)cc2)c1. The summed E-state index contributed by atoms with van der Waals surface area (Å²) in [5, 5.41) is 20.9. The van der Waals surface area contributed by atoms with Gasteiger partial charge in [0.05, 0.1) is 18.2 Å². The summed E-state index contributed by atoms with van der Waals surface area (Å²) in [6.45, 7) is 4.24. The van der Waals surface area contributed by atoms with Crippen LogP contribution in [-0.2, 0) is 9.59 Å². The third-order valence-electron chi connectivity index (χ3n) is 5.38. The molecule has 0 saturated carbocycles. The van der Waals surface area contributed by atoms with E-state index in [1.807, 2.05) is 26.0 Å². The zero-order valence-electron chi connectivity index (χ0n) is 17.8. The molecule has 3 aromatic rings. The van der Waals surface area contributed by atoms with Crippen LogP contribution in [0.1, 0.15) is 29.7 Å². The Bertz CT molecular complexity index is 1200. The van der Waals surface area contributed by atoms with E-state index >= 15 is 0 Å². The molecule has 4 rings (SSSR count). The number of aliphatic hydroxyl groups is 1. The molecule has 1 aliphatic heterocycles. The van der Waals surface area contributed by atoms with E-state index in [1.165, 1.54) is 17.0 Å². The van der Waals surface area contributed by atoms with E-state index in [1.54, 1.807) is 48.5 Å². The van der Waals surface area contributed by atoms with Gasteiger partial charge in [-0.2, -0.15) is 0 Å². The number of anilines is 1. The lowest BCUT2D eigenvalue weighted by Gasteiger charge is -2.25. The first-order valence-corrected chi connectivity index (χ1v) is 10.3. The van der Waals surface area contributed by atoms with Crippen molar-refractivity contribution in [2.24, 2.45) is 0 Å². The van der Waals surface area contributed by atoms with Crippen LogP contribution < -0.4 is 9.64 Å². The number of benzene rings is 3. The molecule has 1 heterocycles. The van der Waals surface area contributed by atoms with Crippen LogP contribution in [0.2, 0.25) is 0 Å². The minimum absolute atomic E-state index is 0.0186. The Kier molecular flexibility index (Phi) is 5.69. The van der Waals surface area contributed by atoms with Gasteiger partial charge in [-0.25, -0.2) is 0 Å². The normalized spacial score (nSPS) is 17.6. The lowest BCUT2D eigenvalue weighted by molar-refractivity contribution is -0.132. The second kappa shape index (κ2) is 8.59. The summed E-state index contributed by atoms with van der Waals surface area (Å²) in [6.07, 6.45) is 0. The van der Waals surface area contributed by atoms with E-state index in [2.05, 4.69) is 0 Å². The number of nitrogens with zero attached hydrogens (tertiary/aromatic N) is 1. The van der Waals surface area contributed by atoms with Gasteiger partial charge in [0.25, 0.3) is 11.7 Å². The van der Waals surface area contributed by atoms with Gasteiger partial charge in [0.1, 0.15) is 17.3 Å². The van der Waals surface area contributed by atoms with Gasteiger partial charge < -0.3 is 14.9 Å². The zero-order chi connectivity index (χ0) is 22.8. The molecule has 2 N–H and O–H groups in total. The minimum atomic E-state index is -0.853.